The average molecular weight is 306 g/mol. The normalized spacial score (nSPS) is 10.9. The molecule has 4 heteroatoms. The molecule has 0 aliphatic carbocycles. The van der Waals surface area contributed by atoms with E-state index in [4.69, 9.17) is 27.9 Å². The number of fused-ring (bicyclic) bond motifs is 1. The van der Waals surface area contributed by atoms with Crippen LogP contribution in [0.2, 0.25) is 10.0 Å². The van der Waals surface area contributed by atoms with E-state index in [0.717, 1.165) is 28.8 Å². The summed E-state index contributed by atoms with van der Waals surface area (Å²) >= 11 is 12.0. The molecule has 0 unspecified atom stereocenters. The second-order valence-corrected chi connectivity index (χ2v) is 5.43. The van der Waals surface area contributed by atoms with Crippen LogP contribution in [0.1, 0.15) is 5.56 Å². The molecule has 102 valence electrons. The Morgan fingerprint density at radius 2 is 1.85 bits per heavy atom. The van der Waals surface area contributed by atoms with Gasteiger partial charge < -0.3 is 9.30 Å². The summed E-state index contributed by atoms with van der Waals surface area (Å²) in [5, 5.41) is 2.32. The molecule has 0 radical (unpaired) electrons. The molecule has 0 fully saturated rings. The molecule has 0 saturated carbocycles. The zero-order valence-electron chi connectivity index (χ0n) is 10.9. The fraction of sp³-hybridized carbons (Fsp3) is 0.125. The Morgan fingerprint density at radius 1 is 1.00 bits per heavy atom. The molecule has 0 bridgehead atoms. The Hall–Kier alpha value is -1.64. The molecule has 0 atom stereocenters. The van der Waals surface area contributed by atoms with Gasteiger partial charge in [-0.05, 0) is 42.0 Å². The molecule has 3 rings (SSSR count). The fourth-order valence-electron chi connectivity index (χ4n) is 2.28. The van der Waals surface area contributed by atoms with Crippen molar-refractivity contribution in [3.8, 4) is 5.75 Å². The molecule has 0 N–H and O–H groups in total. The van der Waals surface area contributed by atoms with Crippen LogP contribution in [0.15, 0.2) is 48.7 Å². The zero-order chi connectivity index (χ0) is 14.1. The van der Waals surface area contributed by atoms with Crippen LogP contribution < -0.4 is 4.74 Å². The van der Waals surface area contributed by atoms with Crippen molar-refractivity contribution in [2.45, 2.75) is 6.54 Å². The number of halogens is 2. The molecule has 0 saturated heterocycles. The van der Waals surface area contributed by atoms with Crippen molar-refractivity contribution in [3.63, 3.8) is 0 Å². The quantitative estimate of drug-likeness (QED) is 0.664. The van der Waals surface area contributed by atoms with Gasteiger partial charge in [0.15, 0.2) is 0 Å². The first kappa shape index (κ1) is 13.3. The molecule has 20 heavy (non-hydrogen) atoms. The standard InChI is InChI=1S/C16H13Cl2NO/c1-20-13-3-5-16-12(9-13)6-7-19(16)10-11-2-4-14(17)15(18)8-11/h2-9H,10H2,1H3. The van der Waals surface area contributed by atoms with Crippen molar-refractivity contribution >= 4 is 34.1 Å². The summed E-state index contributed by atoms with van der Waals surface area (Å²) in [5.74, 6) is 0.866. The number of methoxy groups -OCH3 is 1. The van der Waals surface area contributed by atoms with Gasteiger partial charge in [0, 0.05) is 23.6 Å². The van der Waals surface area contributed by atoms with E-state index < -0.39 is 0 Å². The van der Waals surface area contributed by atoms with Crippen LogP contribution in [0.5, 0.6) is 5.75 Å². The lowest BCUT2D eigenvalue weighted by molar-refractivity contribution is 0.415. The Labute approximate surface area is 127 Å². The van der Waals surface area contributed by atoms with Crippen LogP contribution in [0.4, 0.5) is 0 Å². The van der Waals surface area contributed by atoms with Crippen LogP contribution in [-0.2, 0) is 6.54 Å². The highest BCUT2D eigenvalue weighted by molar-refractivity contribution is 6.42. The Kier molecular flexibility index (Phi) is 3.60. The van der Waals surface area contributed by atoms with E-state index in [2.05, 4.69) is 22.9 Å². The molecule has 1 heterocycles. The Morgan fingerprint density at radius 3 is 2.60 bits per heavy atom. The highest BCUT2D eigenvalue weighted by atomic mass is 35.5. The number of nitrogens with zero attached hydrogens (tertiary/aromatic N) is 1. The SMILES string of the molecule is COc1ccc2c(ccn2Cc2ccc(Cl)c(Cl)c2)c1. The fourth-order valence-corrected chi connectivity index (χ4v) is 2.60. The molecule has 0 amide bonds. The van der Waals surface area contributed by atoms with Crippen molar-refractivity contribution in [1.82, 2.24) is 4.57 Å². The highest BCUT2D eigenvalue weighted by Gasteiger charge is 2.05. The number of ether oxygens (including phenoxy) is 1. The molecule has 0 spiro atoms. The zero-order valence-corrected chi connectivity index (χ0v) is 12.4. The van der Waals surface area contributed by atoms with Gasteiger partial charge in [-0.1, -0.05) is 29.3 Å². The minimum Gasteiger partial charge on any atom is -0.497 e. The van der Waals surface area contributed by atoms with E-state index in [1.807, 2.05) is 30.3 Å². The third-order valence-electron chi connectivity index (χ3n) is 3.32. The summed E-state index contributed by atoms with van der Waals surface area (Å²) in [4.78, 5) is 0. The van der Waals surface area contributed by atoms with Gasteiger partial charge in [0.25, 0.3) is 0 Å². The molecule has 2 nitrogen and oxygen atoms in total. The van der Waals surface area contributed by atoms with Gasteiger partial charge in [-0.15, -0.1) is 0 Å². The predicted octanol–water partition coefficient (Wildman–Crippen LogP) is 5.01. The summed E-state index contributed by atoms with van der Waals surface area (Å²) in [5.41, 5.74) is 2.28. The van der Waals surface area contributed by atoms with Gasteiger partial charge >= 0.3 is 0 Å². The molecule has 0 aliphatic heterocycles. The van der Waals surface area contributed by atoms with Gasteiger partial charge in [0.05, 0.1) is 17.2 Å². The van der Waals surface area contributed by atoms with E-state index in [1.54, 1.807) is 7.11 Å². The summed E-state index contributed by atoms with van der Waals surface area (Å²) in [6.45, 7) is 0.757. The third-order valence-corrected chi connectivity index (χ3v) is 4.05. The van der Waals surface area contributed by atoms with Gasteiger partial charge in [-0.25, -0.2) is 0 Å². The van der Waals surface area contributed by atoms with E-state index >= 15 is 0 Å². The summed E-state index contributed by atoms with van der Waals surface area (Å²) < 4.78 is 7.41. The number of aromatic nitrogens is 1. The monoisotopic (exact) mass is 305 g/mol. The van der Waals surface area contributed by atoms with Gasteiger partial charge in [0.2, 0.25) is 0 Å². The van der Waals surface area contributed by atoms with Crippen molar-refractivity contribution in [3.05, 3.63) is 64.3 Å². The van der Waals surface area contributed by atoms with Crippen molar-refractivity contribution in [1.29, 1.82) is 0 Å². The summed E-state index contributed by atoms with van der Waals surface area (Å²) in [7, 11) is 1.67. The molecule has 1 aromatic heterocycles. The Balaban J connectivity index is 1.96. The van der Waals surface area contributed by atoms with Crippen molar-refractivity contribution in [2.24, 2.45) is 0 Å². The number of benzene rings is 2. The Bertz CT molecular complexity index is 764. The molecule has 3 aromatic rings. The minimum absolute atomic E-state index is 0.581. The topological polar surface area (TPSA) is 14.2 Å². The lowest BCUT2D eigenvalue weighted by atomic mass is 10.2. The predicted molar refractivity (Wildman–Crippen MR) is 84.1 cm³/mol. The van der Waals surface area contributed by atoms with Crippen LogP contribution in [0.3, 0.4) is 0 Å². The molecular weight excluding hydrogens is 293 g/mol. The first-order chi connectivity index (χ1) is 9.67. The largest absolute Gasteiger partial charge is 0.497 e. The van der Waals surface area contributed by atoms with Gasteiger partial charge in [-0.3, -0.25) is 0 Å². The lowest BCUT2D eigenvalue weighted by Gasteiger charge is -2.07. The number of hydrogen-bond acceptors (Lipinski definition) is 1. The number of rotatable bonds is 3. The van der Waals surface area contributed by atoms with E-state index in [0.29, 0.717) is 10.0 Å². The van der Waals surface area contributed by atoms with E-state index in [-0.39, 0.29) is 0 Å². The second kappa shape index (κ2) is 5.39. The van der Waals surface area contributed by atoms with Crippen molar-refractivity contribution in [2.75, 3.05) is 7.11 Å². The van der Waals surface area contributed by atoms with Crippen LogP contribution >= 0.6 is 23.2 Å². The lowest BCUT2D eigenvalue weighted by Crippen LogP contribution is -1.97. The maximum Gasteiger partial charge on any atom is 0.119 e. The summed E-state index contributed by atoms with van der Waals surface area (Å²) in [6.07, 6.45) is 2.06. The molecular formula is C16H13Cl2NO. The first-order valence-corrected chi connectivity index (χ1v) is 7.00. The summed E-state index contributed by atoms with van der Waals surface area (Å²) in [6, 6.07) is 13.9. The smallest absolute Gasteiger partial charge is 0.119 e. The van der Waals surface area contributed by atoms with Crippen LogP contribution in [-0.4, -0.2) is 11.7 Å². The maximum atomic E-state index is 6.05. The number of hydrogen-bond donors (Lipinski definition) is 0. The molecule has 2 aromatic carbocycles. The van der Waals surface area contributed by atoms with Crippen LogP contribution in [0, 0.1) is 0 Å². The van der Waals surface area contributed by atoms with Gasteiger partial charge in [0.1, 0.15) is 5.75 Å². The van der Waals surface area contributed by atoms with E-state index in [1.165, 1.54) is 0 Å². The average Bonchev–Trinajstić information content (AvgIpc) is 2.85. The van der Waals surface area contributed by atoms with Crippen LogP contribution in [0.25, 0.3) is 10.9 Å². The van der Waals surface area contributed by atoms with Crippen molar-refractivity contribution < 1.29 is 4.74 Å². The third kappa shape index (κ3) is 2.49. The first-order valence-electron chi connectivity index (χ1n) is 6.24. The molecule has 0 aliphatic rings. The maximum absolute atomic E-state index is 6.05. The highest BCUT2D eigenvalue weighted by Crippen LogP contribution is 2.25. The van der Waals surface area contributed by atoms with E-state index in [9.17, 15) is 0 Å². The van der Waals surface area contributed by atoms with Gasteiger partial charge in [-0.2, -0.15) is 0 Å². The minimum atomic E-state index is 0.581. The second-order valence-electron chi connectivity index (χ2n) is 4.62.